The Morgan fingerprint density at radius 3 is 2.56 bits per heavy atom. The van der Waals surface area contributed by atoms with E-state index in [1.54, 1.807) is 41.4 Å². The van der Waals surface area contributed by atoms with E-state index in [-0.39, 0.29) is 11.5 Å². The zero-order valence-electron chi connectivity index (χ0n) is 15.0. The van der Waals surface area contributed by atoms with Gasteiger partial charge in [-0.3, -0.25) is 9.78 Å². The summed E-state index contributed by atoms with van der Waals surface area (Å²) in [5, 5.41) is 9.61. The number of benzene rings is 1. The molecule has 1 N–H and O–H groups in total. The molecule has 0 saturated carbocycles. The largest absolute Gasteiger partial charge is 0.482 e. The van der Waals surface area contributed by atoms with Crippen molar-refractivity contribution >= 4 is 17.4 Å². The Bertz CT molecular complexity index is 925. The van der Waals surface area contributed by atoms with E-state index < -0.39 is 11.6 Å². The molecule has 6 heteroatoms. The van der Waals surface area contributed by atoms with E-state index in [2.05, 4.69) is 4.98 Å². The van der Waals surface area contributed by atoms with E-state index in [9.17, 15) is 14.7 Å². The zero-order chi connectivity index (χ0) is 19.0. The van der Waals surface area contributed by atoms with Gasteiger partial charge in [0.15, 0.2) is 0 Å². The van der Waals surface area contributed by atoms with Crippen LogP contribution >= 0.6 is 0 Å². The quantitative estimate of drug-likeness (QED) is 0.886. The van der Waals surface area contributed by atoms with E-state index in [0.717, 1.165) is 5.69 Å². The maximum atomic E-state index is 12.7. The first-order valence-electron chi connectivity index (χ1n) is 8.94. The van der Waals surface area contributed by atoms with Gasteiger partial charge in [0.1, 0.15) is 11.4 Å². The number of aliphatic carboxylic acids is 1. The number of amides is 1. The fraction of sp³-hybridized carbons (Fsp3) is 0.286. The summed E-state index contributed by atoms with van der Waals surface area (Å²) in [6.45, 7) is 2.88. The molecule has 2 aliphatic heterocycles. The van der Waals surface area contributed by atoms with E-state index in [4.69, 9.17) is 4.74 Å². The highest BCUT2D eigenvalue weighted by atomic mass is 16.5. The minimum atomic E-state index is -0.964. The Morgan fingerprint density at radius 2 is 1.89 bits per heavy atom. The molecule has 1 fully saturated rings. The lowest BCUT2D eigenvalue weighted by molar-refractivity contribution is -0.130. The number of aryl methyl sites for hydroxylation is 1. The number of likely N-dealkylation sites (tertiary alicyclic amines) is 1. The highest BCUT2D eigenvalue weighted by Crippen LogP contribution is 2.41. The number of aromatic nitrogens is 1. The van der Waals surface area contributed by atoms with Crippen LogP contribution in [0.2, 0.25) is 0 Å². The Morgan fingerprint density at radius 1 is 1.15 bits per heavy atom. The molecule has 0 bridgehead atoms. The first-order valence-corrected chi connectivity index (χ1v) is 8.94. The number of ether oxygens (including phenoxy) is 1. The third-order valence-electron chi connectivity index (χ3n) is 5.18. The summed E-state index contributed by atoms with van der Waals surface area (Å²) in [5.74, 6) is -0.440. The second-order valence-electron chi connectivity index (χ2n) is 7.01. The third kappa shape index (κ3) is 3.18. The van der Waals surface area contributed by atoms with Gasteiger partial charge in [-0.2, -0.15) is 0 Å². The van der Waals surface area contributed by atoms with Crippen molar-refractivity contribution < 1.29 is 19.4 Å². The Hall–Kier alpha value is -3.15. The molecular formula is C21H20N2O4. The molecule has 3 heterocycles. The summed E-state index contributed by atoms with van der Waals surface area (Å²) in [6, 6.07) is 10.8. The van der Waals surface area contributed by atoms with Crippen LogP contribution in [0.25, 0.3) is 5.57 Å². The van der Waals surface area contributed by atoms with Crippen LogP contribution in [0, 0.1) is 6.92 Å². The van der Waals surface area contributed by atoms with Crippen LogP contribution in [-0.2, 0) is 4.79 Å². The lowest BCUT2D eigenvalue weighted by Gasteiger charge is -2.42. The normalized spacial score (nSPS) is 17.7. The second kappa shape index (κ2) is 6.54. The molecule has 1 aromatic carbocycles. The minimum absolute atomic E-state index is 0.0593. The average Bonchev–Trinajstić information content (AvgIpc) is 2.68. The maximum absolute atomic E-state index is 12.7. The maximum Gasteiger partial charge on any atom is 0.336 e. The van der Waals surface area contributed by atoms with Crippen LogP contribution in [-0.4, -0.2) is 45.6 Å². The van der Waals surface area contributed by atoms with Gasteiger partial charge in [-0.1, -0.05) is 18.2 Å². The van der Waals surface area contributed by atoms with Gasteiger partial charge in [-0.25, -0.2) is 4.79 Å². The second-order valence-corrected chi connectivity index (χ2v) is 7.01. The lowest BCUT2D eigenvalue weighted by atomic mass is 9.85. The van der Waals surface area contributed by atoms with Gasteiger partial charge in [0, 0.05) is 43.4 Å². The summed E-state index contributed by atoms with van der Waals surface area (Å²) >= 11 is 0. The number of carbonyl (C=O) groups is 2. The molecule has 2 aliphatic rings. The standard InChI is InChI=1S/C21H20N2O4/c1-14-6-7-15(13-22-14)19(24)23-10-8-21(9-11-23)12-17(20(25)26)16-4-2-3-5-18(16)27-21/h2-7,12-13H,8-11H2,1H3,(H,25,26). The topological polar surface area (TPSA) is 79.7 Å². The predicted octanol–water partition coefficient (Wildman–Crippen LogP) is 2.93. The first-order chi connectivity index (χ1) is 13.0. The van der Waals surface area contributed by atoms with Gasteiger partial charge in [0.25, 0.3) is 5.91 Å². The summed E-state index contributed by atoms with van der Waals surface area (Å²) in [7, 11) is 0. The number of hydrogen-bond donors (Lipinski definition) is 1. The van der Waals surface area contributed by atoms with Crippen LogP contribution in [0.1, 0.15) is 34.5 Å². The van der Waals surface area contributed by atoms with Gasteiger partial charge in [-0.15, -0.1) is 0 Å². The van der Waals surface area contributed by atoms with Gasteiger partial charge < -0.3 is 14.7 Å². The van der Waals surface area contributed by atoms with E-state index in [1.165, 1.54) is 0 Å². The van der Waals surface area contributed by atoms with Crippen LogP contribution in [0.3, 0.4) is 0 Å². The molecule has 0 atom stereocenters. The molecular weight excluding hydrogens is 344 g/mol. The van der Waals surface area contributed by atoms with E-state index in [0.29, 0.717) is 42.8 Å². The molecule has 0 unspecified atom stereocenters. The summed E-state index contributed by atoms with van der Waals surface area (Å²) in [6.07, 6.45) is 4.40. The first kappa shape index (κ1) is 17.3. The molecule has 4 rings (SSSR count). The van der Waals surface area contributed by atoms with Crippen molar-refractivity contribution in [3.63, 3.8) is 0 Å². The van der Waals surface area contributed by atoms with Gasteiger partial charge in [0.05, 0.1) is 11.1 Å². The van der Waals surface area contributed by atoms with Crippen LogP contribution in [0.15, 0.2) is 48.7 Å². The summed E-state index contributed by atoms with van der Waals surface area (Å²) in [5.41, 5.74) is 1.60. The highest BCUT2D eigenvalue weighted by Gasteiger charge is 2.41. The number of carboxylic acid groups (broad SMARTS) is 1. The number of nitrogens with zero attached hydrogens (tertiary/aromatic N) is 2. The highest BCUT2D eigenvalue weighted by molar-refractivity contribution is 6.16. The van der Waals surface area contributed by atoms with Crippen molar-refractivity contribution in [3.8, 4) is 5.75 Å². The summed E-state index contributed by atoms with van der Waals surface area (Å²) < 4.78 is 6.20. The molecule has 1 spiro atoms. The average molecular weight is 364 g/mol. The Kier molecular flexibility index (Phi) is 4.18. The van der Waals surface area contributed by atoms with Gasteiger partial charge in [0.2, 0.25) is 0 Å². The Labute approximate surface area is 157 Å². The fourth-order valence-corrected chi connectivity index (χ4v) is 3.66. The molecule has 1 amide bonds. The number of carbonyl (C=O) groups excluding carboxylic acids is 1. The van der Waals surface area contributed by atoms with Crippen molar-refractivity contribution in [2.45, 2.75) is 25.4 Å². The number of para-hydroxylation sites is 1. The molecule has 27 heavy (non-hydrogen) atoms. The monoisotopic (exact) mass is 364 g/mol. The van der Waals surface area contributed by atoms with Gasteiger partial charge in [-0.05, 0) is 31.2 Å². The number of carboxylic acids is 1. The number of pyridine rings is 1. The van der Waals surface area contributed by atoms with Crippen molar-refractivity contribution in [1.82, 2.24) is 9.88 Å². The summed E-state index contributed by atoms with van der Waals surface area (Å²) in [4.78, 5) is 30.4. The molecule has 6 nitrogen and oxygen atoms in total. The van der Waals surface area contributed by atoms with Crippen LogP contribution < -0.4 is 4.74 Å². The number of piperidine rings is 1. The van der Waals surface area contributed by atoms with Crippen molar-refractivity contribution in [1.29, 1.82) is 0 Å². The number of hydrogen-bond acceptors (Lipinski definition) is 4. The Balaban J connectivity index is 1.55. The zero-order valence-corrected chi connectivity index (χ0v) is 15.0. The number of rotatable bonds is 2. The molecule has 2 aromatic rings. The van der Waals surface area contributed by atoms with Gasteiger partial charge >= 0.3 is 5.97 Å². The van der Waals surface area contributed by atoms with Crippen molar-refractivity contribution in [3.05, 3.63) is 65.5 Å². The number of fused-ring (bicyclic) bond motifs is 1. The van der Waals surface area contributed by atoms with Crippen molar-refractivity contribution in [2.24, 2.45) is 0 Å². The third-order valence-corrected chi connectivity index (χ3v) is 5.18. The van der Waals surface area contributed by atoms with E-state index in [1.807, 2.05) is 19.1 Å². The van der Waals surface area contributed by atoms with Crippen LogP contribution in [0.5, 0.6) is 5.75 Å². The molecule has 0 aliphatic carbocycles. The van der Waals surface area contributed by atoms with Crippen LogP contribution in [0.4, 0.5) is 0 Å². The fourth-order valence-electron chi connectivity index (χ4n) is 3.66. The minimum Gasteiger partial charge on any atom is -0.482 e. The van der Waals surface area contributed by atoms with Crippen molar-refractivity contribution in [2.75, 3.05) is 13.1 Å². The molecule has 138 valence electrons. The SMILES string of the molecule is Cc1ccc(C(=O)N2CCC3(C=C(C(=O)O)c4ccccc4O3)CC2)cn1. The molecule has 0 radical (unpaired) electrons. The molecule has 1 saturated heterocycles. The lowest BCUT2D eigenvalue weighted by Crippen LogP contribution is -2.50. The predicted molar refractivity (Wildman–Crippen MR) is 99.5 cm³/mol. The molecule has 1 aromatic heterocycles. The van der Waals surface area contributed by atoms with E-state index >= 15 is 0 Å². The smallest absolute Gasteiger partial charge is 0.336 e.